The van der Waals surface area contributed by atoms with Crippen LogP contribution >= 0.6 is 0 Å². The average Bonchev–Trinajstić information content (AvgIpc) is 2.36. The summed E-state index contributed by atoms with van der Waals surface area (Å²) in [6, 6.07) is 7.26. The molecule has 3 heterocycles. The largest absolute Gasteiger partial charge is 0.298 e. The van der Waals surface area contributed by atoms with E-state index in [0.717, 1.165) is 17.1 Å². The maximum Gasteiger partial charge on any atom is 0.162 e. The summed E-state index contributed by atoms with van der Waals surface area (Å²) in [5.41, 5.74) is 1.70. The van der Waals surface area contributed by atoms with E-state index in [-0.39, 0.29) is 0 Å². The van der Waals surface area contributed by atoms with Gasteiger partial charge in [0.15, 0.2) is 17.6 Å². The summed E-state index contributed by atoms with van der Waals surface area (Å²) in [6.45, 7) is 0. The van der Waals surface area contributed by atoms with E-state index in [0.29, 0.717) is 16.9 Å². The lowest BCUT2D eigenvalue weighted by Gasteiger charge is -2.03. The van der Waals surface area contributed by atoms with Crippen LogP contribution in [-0.2, 0) is 0 Å². The monoisotopic (exact) mass is 209 g/mol. The molecule has 0 radical (unpaired) electrons. The van der Waals surface area contributed by atoms with Gasteiger partial charge in [-0.05, 0) is 24.3 Å². The molecule has 3 aromatic heterocycles. The van der Waals surface area contributed by atoms with Crippen LogP contribution in [0.2, 0.25) is 0 Å². The Hall–Kier alpha value is -2.36. The first-order valence-electron chi connectivity index (χ1n) is 4.85. The highest BCUT2D eigenvalue weighted by molar-refractivity contribution is 6.07. The lowest BCUT2D eigenvalue weighted by Crippen LogP contribution is -1.94. The summed E-state index contributed by atoms with van der Waals surface area (Å²) in [5.74, 6) is 0. The average molecular weight is 209 g/mol. The van der Waals surface area contributed by atoms with Crippen LogP contribution in [-0.4, -0.2) is 21.2 Å². The number of carbonyl (C=O) groups excluding carboxylic acids is 1. The number of carbonyl (C=O) groups is 1. The fourth-order valence-corrected chi connectivity index (χ4v) is 1.76. The maximum atomic E-state index is 11.2. The number of pyridine rings is 3. The molecule has 0 aromatic carbocycles. The van der Waals surface area contributed by atoms with Crippen molar-refractivity contribution < 1.29 is 4.79 Å². The molecule has 0 aliphatic carbocycles. The number of hydrogen-bond acceptors (Lipinski definition) is 4. The van der Waals surface area contributed by atoms with Crippen LogP contribution < -0.4 is 0 Å². The van der Waals surface area contributed by atoms with Gasteiger partial charge in [0.2, 0.25) is 0 Å². The second kappa shape index (κ2) is 3.34. The Balaban J connectivity index is 2.61. The third-order valence-corrected chi connectivity index (χ3v) is 2.48. The molecule has 0 saturated heterocycles. The number of aromatic nitrogens is 3. The predicted molar refractivity (Wildman–Crippen MR) is 60.2 cm³/mol. The minimum atomic E-state index is 0.552. The first-order chi connectivity index (χ1) is 7.90. The van der Waals surface area contributed by atoms with Crippen LogP contribution in [0.1, 0.15) is 10.4 Å². The van der Waals surface area contributed by atoms with E-state index in [1.807, 2.05) is 12.1 Å². The highest BCUT2D eigenvalue weighted by atomic mass is 16.1. The van der Waals surface area contributed by atoms with E-state index < -0.39 is 0 Å². The number of rotatable bonds is 1. The number of hydrogen-bond donors (Lipinski definition) is 0. The van der Waals surface area contributed by atoms with Gasteiger partial charge in [0.25, 0.3) is 0 Å². The summed E-state index contributed by atoms with van der Waals surface area (Å²) in [6.07, 6.45) is 4.13. The fourth-order valence-electron chi connectivity index (χ4n) is 1.76. The summed E-state index contributed by atoms with van der Waals surface area (Å²) in [7, 11) is 0. The summed E-state index contributed by atoms with van der Waals surface area (Å²) in [4.78, 5) is 23.7. The molecule has 16 heavy (non-hydrogen) atoms. The molecule has 0 atom stereocenters. The Morgan fingerprint density at radius 2 is 1.50 bits per heavy atom. The molecule has 0 saturated carbocycles. The van der Waals surface area contributed by atoms with Crippen molar-refractivity contribution in [2.24, 2.45) is 0 Å². The Kier molecular flexibility index (Phi) is 1.86. The highest BCUT2D eigenvalue weighted by Gasteiger charge is 2.08. The molecular weight excluding hydrogens is 202 g/mol. The van der Waals surface area contributed by atoms with Crippen molar-refractivity contribution in [2.75, 3.05) is 0 Å². The Bertz CT molecular complexity index is 640. The predicted octanol–water partition coefficient (Wildman–Crippen LogP) is 1.99. The molecule has 0 unspecified atom stereocenters. The molecule has 4 heteroatoms. The molecule has 0 bridgehead atoms. The van der Waals surface area contributed by atoms with Gasteiger partial charge in [0.1, 0.15) is 0 Å². The minimum Gasteiger partial charge on any atom is -0.298 e. The molecule has 0 spiro atoms. The van der Waals surface area contributed by atoms with Crippen LogP contribution in [0.25, 0.3) is 22.1 Å². The van der Waals surface area contributed by atoms with Gasteiger partial charge in [-0.3, -0.25) is 4.79 Å². The van der Waals surface area contributed by atoms with Gasteiger partial charge >= 0.3 is 0 Å². The number of nitrogens with zero attached hydrogens (tertiary/aromatic N) is 3. The quantitative estimate of drug-likeness (QED) is 0.454. The molecule has 0 N–H and O–H groups in total. The van der Waals surface area contributed by atoms with Crippen LogP contribution in [0.3, 0.4) is 0 Å². The van der Waals surface area contributed by atoms with Crippen molar-refractivity contribution >= 4 is 28.4 Å². The zero-order valence-electron chi connectivity index (χ0n) is 8.29. The number of aldehydes is 1. The summed E-state index contributed by atoms with van der Waals surface area (Å²) < 4.78 is 0. The normalized spacial score (nSPS) is 10.8. The molecule has 0 aliphatic heterocycles. The van der Waals surface area contributed by atoms with Crippen molar-refractivity contribution in [3.05, 3.63) is 42.2 Å². The van der Waals surface area contributed by atoms with E-state index in [1.54, 1.807) is 24.5 Å². The fraction of sp³-hybridized carbons (Fsp3) is 0. The van der Waals surface area contributed by atoms with Crippen molar-refractivity contribution in [1.29, 1.82) is 0 Å². The van der Waals surface area contributed by atoms with Gasteiger partial charge in [-0.25, -0.2) is 15.0 Å². The zero-order valence-corrected chi connectivity index (χ0v) is 8.29. The molecule has 3 rings (SSSR count). The van der Waals surface area contributed by atoms with Crippen molar-refractivity contribution in [3.63, 3.8) is 0 Å². The summed E-state index contributed by atoms with van der Waals surface area (Å²) >= 11 is 0. The van der Waals surface area contributed by atoms with Crippen LogP contribution in [0.15, 0.2) is 36.7 Å². The van der Waals surface area contributed by atoms with Gasteiger partial charge in [0.05, 0.1) is 0 Å². The third-order valence-electron chi connectivity index (χ3n) is 2.48. The van der Waals surface area contributed by atoms with Crippen LogP contribution in [0, 0.1) is 0 Å². The smallest absolute Gasteiger partial charge is 0.162 e. The van der Waals surface area contributed by atoms with E-state index in [2.05, 4.69) is 15.0 Å². The lowest BCUT2D eigenvalue weighted by molar-refractivity contribution is 0.112. The molecule has 0 fully saturated rings. The molecular formula is C12H7N3O. The third kappa shape index (κ3) is 1.16. The Morgan fingerprint density at radius 1 is 0.938 bits per heavy atom. The van der Waals surface area contributed by atoms with Gasteiger partial charge in [-0.1, -0.05) is 0 Å². The summed E-state index contributed by atoms with van der Waals surface area (Å²) in [5, 5.41) is 1.52. The van der Waals surface area contributed by atoms with Gasteiger partial charge < -0.3 is 0 Å². The van der Waals surface area contributed by atoms with E-state index >= 15 is 0 Å². The minimum absolute atomic E-state index is 0.552. The van der Waals surface area contributed by atoms with Crippen molar-refractivity contribution in [1.82, 2.24) is 15.0 Å². The van der Waals surface area contributed by atoms with Gasteiger partial charge in [-0.2, -0.15) is 0 Å². The maximum absolute atomic E-state index is 11.2. The first kappa shape index (κ1) is 8.91. The van der Waals surface area contributed by atoms with Crippen LogP contribution in [0.5, 0.6) is 0 Å². The molecule has 0 aliphatic rings. The van der Waals surface area contributed by atoms with E-state index in [1.165, 1.54) is 0 Å². The second-order valence-electron chi connectivity index (χ2n) is 3.39. The molecule has 76 valence electrons. The standard InChI is InChI=1S/C12H7N3O/c16-7-10-8-3-1-5-13-11(8)15-12-9(10)4-2-6-14-12/h1-7H. The lowest BCUT2D eigenvalue weighted by atomic mass is 10.1. The van der Waals surface area contributed by atoms with E-state index in [9.17, 15) is 4.79 Å². The Morgan fingerprint density at radius 3 is 2.00 bits per heavy atom. The van der Waals surface area contributed by atoms with Crippen molar-refractivity contribution in [2.45, 2.75) is 0 Å². The van der Waals surface area contributed by atoms with Gasteiger partial charge in [-0.15, -0.1) is 0 Å². The zero-order chi connectivity index (χ0) is 11.0. The van der Waals surface area contributed by atoms with E-state index in [4.69, 9.17) is 0 Å². The topological polar surface area (TPSA) is 55.7 Å². The molecule has 0 amide bonds. The molecule has 3 aromatic rings. The van der Waals surface area contributed by atoms with Gasteiger partial charge in [0, 0.05) is 28.7 Å². The SMILES string of the molecule is O=Cc1c2cccnc2nc2ncccc12. The van der Waals surface area contributed by atoms with Crippen LogP contribution in [0.4, 0.5) is 0 Å². The first-order valence-corrected chi connectivity index (χ1v) is 4.85. The second-order valence-corrected chi connectivity index (χ2v) is 3.39. The van der Waals surface area contributed by atoms with Crippen molar-refractivity contribution in [3.8, 4) is 0 Å². The number of fused-ring (bicyclic) bond motifs is 2. The highest BCUT2D eigenvalue weighted by Crippen LogP contribution is 2.21. The Labute approximate surface area is 91.0 Å². The molecule has 4 nitrogen and oxygen atoms in total.